The zero-order chi connectivity index (χ0) is 38.8. The molecule has 4 fully saturated rings. The topological polar surface area (TPSA) is 0 Å². The molecule has 0 aromatic heterocycles. The van der Waals surface area contributed by atoms with Crippen molar-refractivity contribution in [2.24, 2.45) is 47.3 Å². The summed E-state index contributed by atoms with van der Waals surface area (Å²) in [4.78, 5) is 0. The summed E-state index contributed by atoms with van der Waals surface area (Å²) in [6.07, 6.45) is 32.2. The Balaban J connectivity index is 0.000000211. The molecule has 4 aliphatic carbocycles. The number of rotatable bonds is 11. The molecule has 0 saturated heterocycles. The normalized spacial score (nSPS) is 28.1. The largest absolute Gasteiger partial charge is 0.207 e. The van der Waals surface area contributed by atoms with Crippen LogP contribution < -0.4 is 0 Å². The first-order chi connectivity index (χ1) is 26.9. The first kappa shape index (κ1) is 43.5. The van der Waals surface area contributed by atoms with E-state index in [-0.39, 0.29) is 11.6 Å². The Morgan fingerprint density at radius 1 is 0.473 bits per heavy atom. The zero-order valence-electron chi connectivity index (χ0n) is 35.5. The Morgan fingerprint density at radius 2 is 0.855 bits per heavy atom. The summed E-state index contributed by atoms with van der Waals surface area (Å²) in [5.74, 6) is 20.1. The summed E-state index contributed by atoms with van der Waals surface area (Å²) in [6, 6.07) is 11.1. The summed E-state index contributed by atoms with van der Waals surface area (Å²) in [7, 11) is 0. The van der Waals surface area contributed by atoms with Crippen molar-refractivity contribution in [2.45, 2.75) is 188 Å². The molecule has 0 amide bonds. The Bertz CT molecular complexity index is 1520. The Morgan fingerprint density at radius 3 is 1.20 bits per heavy atom. The van der Waals surface area contributed by atoms with Crippen molar-refractivity contribution in [1.82, 2.24) is 0 Å². The lowest BCUT2D eigenvalue weighted by Gasteiger charge is -2.37. The second-order valence-corrected chi connectivity index (χ2v) is 18.3. The minimum Gasteiger partial charge on any atom is -0.207 e. The molecule has 0 unspecified atom stereocenters. The molecule has 6 rings (SSSR count). The van der Waals surface area contributed by atoms with Crippen LogP contribution >= 0.6 is 0 Å². The molecular weight excluding hydrogens is 675 g/mol. The van der Waals surface area contributed by atoms with E-state index in [0.29, 0.717) is 11.8 Å². The standard InChI is InChI=1S/C27H39F.C26H37F/c1-3-5-7-26-19-14-23(20-27(26)28)9-8-22-12-17-25(18-13-22)24-15-10-21(6-4-2)11-16-24;1-3-5-6-25-18-13-22(19-26(25)27)8-7-21-11-16-24(17-12-21)23-14-9-20(4-2)10-15-23/h14,19-22,24-25H,3-7,10-13,15-18H2,1-2H3;13,18-21,23-24H,3-6,9-12,14-17H2,1-2H3. The van der Waals surface area contributed by atoms with Crippen LogP contribution in [0.1, 0.15) is 198 Å². The van der Waals surface area contributed by atoms with Gasteiger partial charge in [0, 0.05) is 23.0 Å². The van der Waals surface area contributed by atoms with E-state index in [2.05, 4.69) is 51.4 Å². The van der Waals surface area contributed by atoms with Crippen molar-refractivity contribution >= 4 is 0 Å². The molecule has 0 N–H and O–H groups in total. The summed E-state index contributed by atoms with van der Waals surface area (Å²) in [6.45, 7) is 8.95. The van der Waals surface area contributed by atoms with Gasteiger partial charge >= 0.3 is 0 Å². The molecule has 2 aromatic rings. The Kier molecular flexibility index (Phi) is 18.7. The highest BCUT2D eigenvalue weighted by Gasteiger charge is 2.31. The van der Waals surface area contributed by atoms with Crippen molar-refractivity contribution in [3.63, 3.8) is 0 Å². The minimum absolute atomic E-state index is 0.0809. The van der Waals surface area contributed by atoms with Crippen LogP contribution in [0.2, 0.25) is 0 Å². The van der Waals surface area contributed by atoms with Gasteiger partial charge in [-0.1, -0.05) is 121 Å². The van der Waals surface area contributed by atoms with Crippen LogP contribution in [0.5, 0.6) is 0 Å². The van der Waals surface area contributed by atoms with Gasteiger partial charge in [0.25, 0.3) is 0 Å². The molecule has 302 valence electrons. The maximum absolute atomic E-state index is 14.2. The number of unbranched alkanes of at least 4 members (excludes halogenated alkanes) is 2. The molecule has 55 heavy (non-hydrogen) atoms. The van der Waals surface area contributed by atoms with Crippen LogP contribution in [0.15, 0.2) is 36.4 Å². The fourth-order valence-electron chi connectivity index (χ4n) is 10.7. The number of halogens is 2. The van der Waals surface area contributed by atoms with E-state index in [0.717, 1.165) is 96.3 Å². The van der Waals surface area contributed by atoms with Crippen LogP contribution in [-0.2, 0) is 12.8 Å². The van der Waals surface area contributed by atoms with Crippen molar-refractivity contribution in [1.29, 1.82) is 0 Å². The minimum atomic E-state index is -0.0818. The average molecular weight is 751 g/mol. The number of hydrogen-bond acceptors (Lipinski definition) is 0. The van der Waals surface area contributed by atoms with Gasteiger partial charge in [0.1, 0.15) is 11.6 Å². The second-order valence-electron chi connectivity index (χ2n) is 18.3. The fourth-order valence-corrected chi connectivity index (χ4v) is 10.7. The lowest BCUT2D eigenvalue weighted by Crippen LogP contribution is -2.25. The summed E-state index contributed by atoms with van der Waals surface area (Å²) >= 11 is 0. The summed E-state index contributed by atoms with van der Waals surface area (Å²) in [5, 5.41) is 0. The highest BCUT2D eigenvalue weighted by atomic mass is 19.1. The van der Waals surface area contributed by atoms with Crippen LogP contribution in [0, 0.1) is 82.7 Å². The SMILES string of the molecule is CCCCc1ccc(C#CC2CCC(C3CCC(CC)CC3)CC2)cc1F.CCCCc1ccc(C#CC2CCC(C3CCC(CCC)CC3)CC2)cc1F. The van der Waals surface area contributed by atoms with Gasteiger partial charge < -0.3 is 0 Å². The molecular formula is C53H76F2. The molecule has 2 heteroatoms. The zero-order valence-corrected chi connectivity index (χ0v) is 35.5. The van der Waals surface area contributed by atoms with Gasteiger partial charge in [0.2, 0.25) is 0 Å². The van der Waals surface area contributed by atoms with Gasteiger partial charge in [-0.15, -0.1) is 0 Å². The molecule has 4 aliphatic rings. The Labute approximate surface area is 337 Å². The average Bonchev–Trinajstić information content (AvgIpc) is 3.22. The maximum Gasteiger partial charge on any atom is 0.127 e. The van der Waals surface area contributed by atoms with Crippen molar-refractivity contribution in [3.05, 3.63) is 70.3 Å². The Hall–Kier alpha value is -2.58. The molecule has 0 aliphatic heterocycles. The fraction of sp³-hybridized carbons (Fsp3) is 0.698. The molecule has 2 aromatic carbocycles. The molecule has 0 nitrogen and oxygen atoms in total. The summed E-state index contributed by atoms with van der Waals surface area (Å²) < 4.78 is 28.4. The van der Waals surface area contributed by atoms with Gasteiger partial charge in [0.05, 0.1) is 0 Å². The van der Waals surface area contributed by atoms with E-state index in [1.165, 1.54) is 122 Å². The third kappa shape index (κ3) is 14.1. The monoisotopic (exact) mass is 751 g/mol. The molecule has 0 spiro atoms. The van der Waals surface area contributed by atoms with Crippen LogP contribution in [-0.4, -0.2) is 0 Å². The smallest absolute Gasteiger partial charge is 0.127 e. The number of aryl methyl sites for hydroxylation is 2. The second kappa shape index (κ2) is 23.6. The third-order valence-electron chi connectivity index (χ3n) is 14.5. The first-order valence-corrected chi connectivity index (χ1v) is 23.5. The highest BCUT2D eigenvalue weighted by Crippen LogP contribution is 2.43. The van der Waals surface area contributed by atoms with Crippen molar-refractivity contribution < 1.29 is 8.78 Å². The van der Waals surface area contributed by atoms with E-state index >= 15 is 0 Å². The predicted octanol–water partition coefficient (Wildman–Crippen LogP) is 15.5. The van der Waals surface area contributed by atoms with Gasteiger partial charge in [-0.25, -0.2) is 8.78 Å². The van der Waals surface area contributed by atoms with E-state index in [9.17, 15) is 8.78 Å². The lowest BCUT2D eigenvalue weighted by molar-refractivity contribution is 0.154. The van der Waals surface area contributed by atoms with Gasteiger partial charge in [-0.05, 0) is 174 Å². The van der Waals surface area contributed by atoms with Gasteiger partial charge in [-0.3, -0.25) is 0 Å². The third-order valence-corrected chi connectivity index (χ3v) is 14.5. The number of hydrogen-bond donors (Lipinski definition) is 0. The molecule has 0 atom stereocenters. The molecule has 0 radical (unpaired) electrons. The first-order valence-electron chi connectivity index (χ1n) is 23.5. The van der Waals surface area contributed by atoms with E-state index in [1.807, 2.05) is 24.3 Å². The molecule has 0 heterocycles. The predicted molar refractivity (Wildman–Crippen MR) is 231 cm³/mol. The number of benzene rings is 2. The molecule has 4 saturated carbocycles. The van der Waals surface area contributed by atoms with Crippen molar-refractivity contribution in [2.75, 3.05) is 0 Å². The quantitative estimate of drug-likeness (QED) is 0.201. The van der Waals surface area contributed by atoms with Gasteiger partial charge in [-0.2, -0.15) is 0 Å². The lowest BCUT2D eigenvalue weighted by atomic mass is 9.69. The van der Waals surface area contributed by atoms with Crippen LogP contribution in [0.3, 0.4) is 0 Å². The van der Waals surface area contributed by atoms with Crippen LogP contribution in [0.4, 0.5) is 8.78 Å². The van der Waals surface area contributed by atoms with Crippen molar-refractivity contribution in [3.8, 4) is 23.7 Å². The van der Waals surface area contributed by atoms with Crippen LogP contribution in [0.25, 0.3) is 0 Å². The highest BCUT2D eigenvalue weighted by molar-refractivity contribution is 5.38. The summed E-state index contributed by atoms with van der Waals surface area (Å²) in [5.41, 5.74) is 3.35. The van der Waals surface area contributed by atoms with E-state index < -0.39 is 0 Å². The molecule has 0 bridgehead atoms. The maximum atomic E-state index is 14.2. The van der Waals surface area contributed by atoms with E-state index in [1.54, 1.807) is 12.1 Å². The van der Waals surface area contributed by atoms with E-state index in [4.69, 9.17) is 0 Å². The van der Waals surface area contributed by atoms with Gasteiger partial charge in [0.15, 0.2) is 0 Å².